The number of amides is 1. The van der Waals surface area contributed by atoms with E-state index in [4.69, 9.17) is 32.5 Å². The van der Waals surface area contributed by atoms with E-state index in [9.17, 15) is 4.79 Å². The van der Waals surface area contributed by atoms with Crippen LogP contribution in [0.2, 0.25) is 10.0 Å². The number of aromatic nitrogens is 3. The van der Waals surface area contributed by atoms with E-state index in [1.165, 1.54) is 0 Å². The zero-order chi connectivity index (χ0) is 23.5. The Labute approximate surface area is 201 Å². The van der Waals surface area contributed by atoms with Crippen molar-refractivity contribution in [3.05, 3.63) is 92.4 Å². The molecule has 0 radical (unpaired) electrons. The predicted molar refractivity (Wildman–Crippen MR) is 127 cm³/mol. The molecule has 0 fully saturated rings. The number of nitrogens with zero attached hydrogens (tertiary/aromatic N) is 3. The zero-order valence-electron chi connectivity index (χ0n) is 18.4. The van der Waals surface area contributed by atoms with Crippen LogP contribution in [0.4, 0.5) is 5.82 Å². The quantitative estimate of drug-likeness (QED) is 0.348. The molecule has 9 heteroatoms. The fourth-order valence-electron chi connectivity index (χ4n) is 3.43. The minimum atomic E-state index is -0.424. The summed E-state index contributed by atoms with van der Waals surface area (Å²) in [5.74, 6) is 1.27. The molecule has 7 nitrogen and oxygen atoms in total. The Morgan fingerprint density at radius 2 is 1.85 bits per heavy atom. The number of hydrogen-bond donors (Lipinski definition) is 1. The summed E-state index contributed by atoms with van der Waals surface area (Å²) in [6.45, 7) is 6.34. The average Bonchev–Trinajstić information content (AvgIpc) is 3.36. The third kappa shape index (κ3) is 5.21. The van der Waals surface area contributed by atoms with E-state index in [1.807, 2.05) is 38.1 Å². The molecular formula is C24H22Cl2N4O3. The van der Waals surface area contributed by atoms with Crippen molar-refractivity contribution in [3.63, 3.8) is 0 Å². The second kappa shape index (κ2) is 9.68. The minimum Gasteiger partial charge on any atom is -0.488 e. The highest BCUT2D eigenvalue weighted by Gasteiger charge is 2.21. The summed E-state index contributed by atoms with van der Waals surface area (Å²) in [5.41, 5.74) is 3.72. The van der Waals surface area contributed by atoms with Gasteiger partial charge in [-0.05, 0) is 49.6 Å². The van der Waals surface area contributed by atoms with E-state index in [1.54, 1.807) is 36.0 Å². The summed E-state index contributed by atoms with van der Waals surface area (Å²) in [7, 11) is 0. The first-order chi connectivity index (χ1) is 15.8. The highest BCUT2D eigenvalue weighted by Crippen LogP contribution is 2.26. The summed E-state index contributed by atoms with van der Waals surface area (Å²) in [4.78, 5) is 12.9. The predicted octanol–water partition coefficient (Wildman–Crippen LogP) is 5.98. The number of ether oxygens (including phenoxy) is 1. The lowest BCUT2D eigenvalue weighted by atomic mass is 10.1. The van der Waals surface area contributed by atoms with Crippen molar-refractivity contribution in [3.8, 4) is 5.75 Å². The van der Waals surface area contributed by atoms with Gasteiger partial charge in [-0.1, -0.05) is 52.6 Å². The monoisotopic (exact) mass is 484 g/mol. The number of carbonyl (C=O) groups is 1. The maximum atomic E-state index is 12.9. The number of halogens is 2. The molecule has 1 N–H and O–H groups in total. The van der Waals surface area contributed by atoms with Crippen LogP contribution < -0.4 is 10.1 Å². The summed E-state index contributed by atoms with van der Waals surface area (Å²) in [6, 6.07) is 13.0. The number of carbonyl (C=O) groups excluding carboxylic acids is 1. The first-order valence-electron chi connectivity index (χ1n) is 10.2. The molecule has 4 aromatic rings. The van der Waals surface area contributed by atoms with Crippen LogP contribution in [0, 0.1) is 20.8 Å². The number of anilines is 1. The van der Waals surface area contributed by atoms with Crippen molar-refractivity contribution in [1.82, 2.24) is 14.9 Å². The molecule has 0 atom stereocenters. The van der Waals surface area contributed by atoms with Crippen molar-refractivity contribution in [2.45, 2.75) is 33.9 Å². The molecule has 170 valence electrons. The summed E-state index contributed by atoms with van der Waals surface area (Å²) in [6.07, 6.45) is 1.76. The van der Waals surface area contributed by atoms with E-state index in [2.05, 4.69) is 15.6 Å². The standard InChI is InChI=1S/C24H22Cl2N4O3/c1-14-5-4-6-15(2)23(14)32-13-18-16(3)33-29-22(18)24(31)27-21-9-10-30(28-21)12-17-7-8-19(25)20(26)11-17/h4-11H,12-13H2,1-3H3,(H,27,28,31). The lowest BCUT2D eigenvalue weighted by Gasteiger charge is -2.12. The number of benzene rings is 2. The molecule has 0 aliphatic carbocycles. The van der Waals surface area contributed by atoms with Crippen molar-refractivity contribution in [2.75, 3.05) is 5.32 Å². The molecule has 2 aromatic carbocycles. The van der Waals surface area contributed by atoms with E-state index in [0.717, 1.165) is 22.4 Å². The molecule has 1 amide bonds. The van der Waals surface area contributed by atoms with Gasteiger partial charge in [0.2, 0.25) is 0 Å². The third-order valence-corrected chi connectivity index (χ3v) is 5.92. The van der Waals surface area contributed by atoms with Crippen LogP contribution in [-0.2, 0) is 13.2 Å². The average molecular weight is 485 g/mol. The number of nitrogens with one attached hydrogen (secondary N) is 1. The van der Waals surface area contributed by atoms with Crippen LogP contribution in [0.15, 0.2) is 53.2 Å². The number of rotatable bonds is 7. The Balaban J connectivity index is 1.45. The van der Waals surface area contributed by atoms with Gasteiger partial charge in [0.1, 0.15) is 18.1 Å². The zero-order valence-corrected chi connectivity index (χ0v) is 19.9. The van der Waals surface area contributed by atoms with Gasteiger partial charge in [0.15, 0.2) is 11.5 Å². The largest absolute Gasteiger partial charge is 0.488 e. The fourth-order valence-corrected chi connectivity index (χ4v) is 3.75. The first-order valence-corrected chi connectivity index (χ1v) is 11.0. The Morgan fingerprint density at radius 1 is 1.09 bits per heavy atom. The van der Waals surface area contributed by atoms with Gasteiger partial charge in [-0.15, -0.1) is 0 Å². The lowest BCUT2D eigenvalue weighted by Crippen LogP contribution is -2.16. The second-order valence-corrected chi connectivity index (χ2v) is 8.49. The molecule has 0 saturated heterocycles. The summed E-state index contributed by atoms with van der Waals surface area (Å²) < 4.78 is 13.0. The van der Waals surface area contributed by atoms with Gasteiger partial charge < -0.3 is 14.6 Å². The maximum Gasteiger partial charge on any atom is 0.279 e. The summed E-state index contributed by atoms with van der Waals surface area (Å²) >= 11 is 12.0. The molecule has 0 spiro atoms. The topological polar surface area (TPSA) is 82.2 Å². The molecule has 2 aromatic heterocycles. The first kappa shape index (κ1) is 22.9. The van der Waals surface area contributed by atoms with Gasteiger partial charge in [0.25, 0.3) is 5.91 Å². The van der Waals surface area contributed by atoms with Gasteiger partial charge in [-0.3, -0.25) is 9.48 Å². The van der Waals surface area contributed by atoms with Gasteiger partial charge >= 0.3 is 0 Å². The number of hydrogen-bond acceptors (Lipinski definition) is 5. The van der Waals surface area contributed by atoms with Crippen LogP contribution >= 0.6 is 23.2 Å². The highest BCUT2D eigenvalue weighted by atomic mass is 35.5. The molecule has 33 heavy (non-hydrogen) atoms. The van der Waals surface area contributed by atoms with Crippen LogP contribution in [0.3, 0.4) is 0 Å². The molecule has 4 rings (SSSR count). The van der Waals surface area contributed by atoms with Gasteiger partial charge in [-0.2, -0.15) is 5.10 Å². The van der Waals surface area contributed by atoms with E-state index in [0.29, 0.717) is 33.7 Å². The number of aryl methyl sites for hydroxylation is 3. The number of para-hydroxylation sites is 1. The fraction of sp³-hybridized carbons (Fsp3) is 0.208. The molecular weight excluding hydrogens is 463 g/mol. The van der Waals surface area contributed by atoms with Gasteiger partial charge in [0, 0.05) is 12.3 Å². The third-order valence-electron chi connectivity index (χ3n) is 5.18. The van der Waals surface area contributed by atoms with Crippen molar-refractivity contribution >= 4 is 34.9 Å². The van der Waals surface area contributed by atoms with Crippen molar-refractivity contribution < 1.29 is 14.1 Å². The minimum absolute atomic E-state index is 0.162. The summed E-state index contributed by atoms with van der Waals surface area (Å²) in [5, 5.41) is 12.1. The highest BCUT2D eigenvalue weighted by molar-refractivity contribution is 6.42. The Bertz CT molecular complexity index is 1290. The van der Waals surface area contributed by atoms with E-state index < -0.39 is 5.91 Å². The van der Waals surface area contributed by atoms with E-state index >= 15 is 0 Å². The molecule has 0 bridgehead atoms. The van der Waals surface area contributed by atoms with Gasteiger partial charge in [0.05, 0.1) is 22.2 Å². The lowest BCUT2D eigenvalue weighted by molar-refractivity contribution is 0.101. The molecule has 0 unspecified atom stereocenters. The Morgan fingerprint density at radius 3 is 2.58 bits per heavy atom. The molecule has 0 aliphatic rings. The molecule has 0 saturated carbocycles. The molecule has 2 heterocycles. The Kier molecular flexibility index (Phi) is 6.72. The smallest absolute Gasteiger partial charge is 0.279 e. The second-order valence-electron chi connectivity index (χ2n) is 7.68. The normalized spacial score (nSPS) is 10.9. The van der Waals surface area contributed by atoms with Crippen LogP contribution in [0.5, 0.6) is 5.75 Å². The molecule has 0 aliphatic heterocycles. The SMILES string of the molecule is Cc1cccc(C)c1OCc1c(C(=O)Nc2ccn(Cc3ccc(Cl)c(Cl)c3)n2)noc1C. The van der Waals surface area contributed by atoms with Crippen LogP contribution in [0.25, 0.3) is 0 Å². The van der Waals surface area contributed by atoms with Crippen molar-refractivity contribution in [1.29, 1.82) is 0 Å². The maximum absolute atomic E-state index is 12.9. The van der Waals surface area contributed by atoms with Crippen LogP contribution in [0.1, 0.15) is 38.5 Å². The Hall–Kier alpha value is -3.29. The van der Waals surface area contributed by atoms with Crippen LogP contribution in [-0.4, -0.2) is 20.8 Å². The van der Waals surface area contributed by atoms with E-state index in [-0.39, 0.29) is 12.3 Å². The van der Waals surface area contributed by atoms with Gasteiger partial charge in [-0.25, -0.2) is 0 Å². The van der Waals surface area contributed by atoms with Crippen molar-refractivity contribution in [2.24, 2.45) is 0 Å².